The van der Waals surface area contributed by atoms with Crippen molar-refractivity contribution in [1.82, 2.24) is 10.2 Å². The van der Waals surface area contributed by atoms with Crippen LogP contribution in [0.1, 0.15) is 0 Å². The van der Waals surface area contributed by atoms with Gasteiger partial charge in [-0.1, -0.05) is 23.7 Å². The zero-order valence-corrected chi connectivity index (χ0v) is 9.52. The fourth-order valence-corrected chi connectivity index (χ4v) is 1.41. The average molecular weight is 235 g/mol. The summed E-state index contributed by atoms with van der Waals surface area (Å²) in [6, 6.07) is 11.1. The van der Waals surface area contributed by atoms with Crippen molar-refractivity contribution in [2.24, 2.45) is 5.84 Å². The number of halogens is 1. The Morgan fingerprint density at radius 2 is 1.75 bits per heavy atom. The highest BCUT2D eigenvalue weighted by atomic mass is 35.5. The lowest BCUT2D eigenvalue weighted by molar-refractivity contribution is 0.921. The van der Waals surface area contributed by atoms with Crippen LogP contribution in [0.3, 0.4) is 0 Å². The maximum atomic E-state index is 5.81. The van der Waals surface area contributed by atoms with E-state index in [4.69, 9.17) is 17.4 Å². The highest BCUT2D eigenvalue weighted by molar-refractivity contribution is 6.30. The number of rotatable bonds is 2. The Balaban J connectivity index is 2.31. The normalized spacial score (nSPS) is 10.2. The van der Waals surface area contributed by atoms with Gasteiger partial charge in [-0.15, -0.1) is 10.2 Å². The van der Waals surface area contributed by atoms with Gasteiger partial charge in [0.2, 0.25) is 0 Å². The van der Waals surface area contributed by atoms with Gasteiger partial charge < -0.3 is 0 Å². The van der Waals surface area contributed by atoms with Gasteiger partial charge in [-0.25, -0.2) is 5.84 Å². The molecular weight excluding hydrogens is 224 g/mol. The van der Waals surface area contributed by atoms with Gasteiger partial charge in [-0.3, -0.25) is 5.01 Å². The molecule has 1 heterocycles. The Labute approximate surface area is 98.6 Å². The van der Waals surface area contributed by atoms with E-state index in [2.05, 4.69) is 10.2 Å². The van der Waals surface area contributed by atoms with Crippen LogP contribution in [0.2, 0.25) is 5.02 Å². The Morgan fingerprint density at radius 1 is 1.06 bits per heavy atom. The van der Waals surface area contributed by atoms with Gasteiger partial charge in [-0.2, -0.15) is 0 Å². The summed E-state index contributed by atoms with van der Waals surface area (Å²) in [5.74, 6) is 6.16. The van der Waals surface area contributed by atoms with E-state index in [1.165, 1.54) is 5.01 Å². The Hall–Kier alpha value is -1.65. The van der Waals surface area contributed by atoms with Crippen molar-refractivity contribution in [3.8, 4) is 11.3 Å². The molecule has 16 heavy (non-hydrogen) atoms. The van der Waals surface area contributed by atoms with Crippen molar-refractivity contribution in [1.29, 1.82) is 0 Å². The van der Waals surface area contributed by atoms with Crippen LogP contribution >= 0.6 is 11.6 Å². The van der Waals surface area contributed by atoms with Crippen LogP contribution in [0.5, 0.6) is 0 Å². The highest BCUT2D eigenvalue weighted by Gasteiger charge is 2.02. The van der Waals surface area contributed by atoms with Crippen molar-refractivity contribution in [3.05, 3.63) is 41.4 Å². The highest BCUT2D eigenvalue weighted by Crippen LogP contribution is 2.19. The summed E-state index contributed by atoms with van der Waals surface area (Å²) in [4.78, 5) is 0. The first-order chi connectivity index (χ1) is 7.66. The number of hydrogen-bond acceptors (Lipinski definition) is 4. The summed E-state index contributed by atoms with van der Waals surface area (Å²) in [7, 11) is 1.71. The Morgan fingerprint density at radius 3 is 2.25 bits per heavy atom. The third-order valence-electron chi connectivity index (χ3n) is 2.15. The molecule has 2 aromatic rings. The first-order valence-electron chi connectivity index (χ1n) is 4.75. The molecule has 2 N–H and O–H groups in total. The molecule has 82 valence electrons. The van der Waals surface area contributed by atoms with E-state index < -0.39 is 0 Å². The second kappa shape index (κ2) is 4.47. The molecular formula is C11H11ClN4. The molecule has 0 fully saturated rings. The van der Waals surface area contributed by atoms with E-state index in [0.717, 1.165) is 11.3 Å². The molecule has 0 amide bonds. The summed E-state index contributed by atoms with van der Waals surface area (Å²) < 4.78 is 0. The summed E-state index contributed by atoms with van der Waals surface area (Å²) in [5, 5.41) is 10.2. The zero-order valence-electron chi connectivity index (χ0n) is 8.76. The number of hydrazine groups is 1. The average Bonchev–Trinajstić information content (AvgIpc) is 2.30. The fraction of sp³-hybridized carbons (Fsp3) is 0.0909. The summed E-state index contributed by atoms with van der Waals surface area (Å²) in [5.41, 5.74) is 1.77. The molecule has 0 spiro atoms. The van der Waals surface area contributed by atoms with Gasteiger partial charge in [0.05, 0.1) is 5.69 Å². The van der Waals surface area contributed by atoms with Crippen LogP contribution in [-0.4, -0.2) is 17.2 Å². The van der Waals surface area contributed by atoms with E-state index in [1.807, 2.05) is 36.4 Å². The van der Waals surface area contributed by atoms with Gasteiger partial charge >= 0.3 is 0 Å². The predicted molar refractivity (Wildman–Crippen MR) is 65.1 cm³/mol. The van der Waals surface area contributed by atoms with Crippen LogP contribution in [0.25, 0.3) is 11.3 Å². The molecule has 0 saturated heterocycles. The van der Waals surface area contributed by atoms with Crippen molar-refractivity contribution in [2.75, 3.05) is 12.1 Å². The molecule has 0 unspecified atom stereocenters. The van der Waals surface area contributed by atoms with Gasteiger partial charge in [0.25, 0.3) is 0 Å². The number of hydrogen-bond donors (Lipinski definition) is 1. The van der Waals surface area contributed by atoms with Gasteiger partial charge in [0, 0.05) is 17.6 Å². The van der Waals surface area contributed by atoms with E-state index in [0.29, 0.717) is 10.8 Å². The van der Waals surface area contributed by atoms with E-state index >= 15 is 0 Å². The molecule has 1 aromatic carbocycles. The molecule has 0 aliphatic carbocycles. The molecule has 5 heteroatoms. The smallest absolute Gasteiger partial charge is 0.164 e. The van der Waals surface area contributed by atoms with Crippen molar-refractivity contribution in [3.63, 3.8) is 0 Å². The second-order valence-electron chi connectivity index (χ2n) is 3.39. The lowest BCUT2D eigenvalue weighted by Gasteiger charge is -2.09. The quantitative estimate of drug-likeness (QED) is 0.639. The molecule has 2 rings (SSSR count). The SMILES string of the molecule is CN(N)c1ccc(-c2ccc(Cl)cc2)nn1. The van der Waals surface area contributed by atoms with E-state index in [9.17, 15) is 0 Å². The van der Waals surface area contributed by atoms with Crippen molar-refractivity contribution in [2.45, 2.75) is 0 Å². The van der Waals surface area contributed by atoms with Crippen molar-refractivity contribution >= 4 is 17.4 Å². The standard InChI is InChI=1S/C11H11ClN4/c1-16(13)11-7-6-10(14-15-11)8-2-4-9(12)5-3-8/h2-7H,13H2,1H3. The van der Waals surface area contributed by atoms with Gasteiger partial charge in [0.1, 0.15) is 0 Å². The summed E-state index contributed by atoms with van der Waals surface area (Å²) >= 11 is 5.81. The minimum absolute atomic E-state index is 0.623. The number of aromatic nitrogens is 2. The van der Waals surface area contributed by atoms with E-state index in [-0.39, 0.29) is 0 Å². The van der Waals surface area contributed by atoms with Crippen molar-refractivity contribution < 1.29 is 0 Å². The molecule has 4 nitrogen and oxygen atoms in total. The van der Waals surface area contributed by atoms with Crippen LogP contribution in [-0.2, 0) is 0 Å². The van der Waals surface area contributed by atoms with Gasteiger partial charge in [-0.05, 0) is 24.3 Å². The molecule has 0 aliphatic rings. The monoisotopic (exact) mass is 234 g/mol. The summed E-state index contributed by atoms with van der Waals surface area (Å²) in [6.45, 7) is 0. The lowest BCUT2D eigenvalue weighted by Crippen LogP contribution is -2.26. The molecule has 0 aliphatic heterocycles. The van der Waals surface area contributed by atoms with Crippen LogP contribution in [0.15, 0.2) is 36.4 Å². The van der Waals surface area contributed by atoms with Crippen LogP contribution < -0.4 is 10.9 Å². The Kier molecular flexibility index (Phi) is 3.03. The predicted octanol–water partition coefficient (Wildman–Crippen LogP) is 2.11. The minimum Gasteiger partial charge on any atom is -0.297 e. The lowest BCUT2D eigenvalue weighted by atomic mass is 10.1. The molecule has 0 bridgehead atoms. The first-order valence-corrected chi connectivity index (χ1v) is 5.13. The molecule has 0 saturated carbocycles. The van der Waals surface area contributed by atoms with E-state index in [1.54, 1.807) is 7.05 Å². The first kappa shape index (κ1) is 10.9. The third kappa shape index (κ3) is 2.29. The largest absolute Gasteiger partial charge is 0.297 e. The number of nitrogens with zero attached hydrogens (tertiary/aromatic N) is 3. The summed E-state index contributed by atoms with van der Waals surface area (Å²) in [6.07, 6.45) is 0. The molecule has 0 atom stereocenters. The second-order valence-corrected chi connectivity index (χ2v) is 3.83. The topological polar surface area (TPSA) is 55.0 Å². The maximum absolute atomic E-state index is 5.81. The number of anilines is 1. The van der Waals surface area contributed by atoms with Crippen LogP contribution in [0, 0.1) is 0 Å². The fourth-order valence-electron chi connectivity index (χ4n) is 1.29. The Bertz CT molecular complexity index is 464. The maximum Gasteiger partial charge on any atom is 0.164 e. The zero-order chi connectivity index (χ0) is 11.5. The third-order valence-corrected chi connectivity index (χ3v) is 2.40. The van der Waals surface area contributed by atoms with Gasteiger partial charge in [0.15, 0.2) is 5.82 Å². The van der Waals surface area contributed by atoms with Crippen LogP contribution in [0.4, 0.5) is 5.82 Å². The molecule has 1 aromatic heterocycles. The number of nitrogens with two attached hydrogens (primary N) is 1. The number of benzene rings is 1. The minimum atomic E-state index is 0.623. The molecule has 0 radical (unpaired) electrons.